The summed E-state index contributed by atoms with van der Waals surface area (Å²) >= 11 is 3.29. The molecule has 0 amide bonds. The summed E-state index contributed by atoms with van der Waals surface area (Å²) in [5.74, 6) is 1.51. The third-order valence-corrected chi connectivity index (χ3v) is 7.47. The molecule has 0 N–H and O–H groups in total. The van der Waals surface area contributed by atoms with Gasteiger partial charge in [-0.2, -0.15) is 0 Å². The molecule has 0 unspecified atom stereocenters. The Morgan fingerprint density at radius 2 is 2.00 bits per heavy atom. The maximum absolute atomic E-state index is 13.5. The maximum atomic E-state index is 13.5. The van der Waals surface area contributed by atoms with Crippen LogP contribution in [0.1, 0.15) is 34.6 Å². The van der Waals surface area contributed by atoms with Crippen molar-refractivity contribution < 1.29 is 4.42 Å². The number of hydrogen-bond acceptors (Lipinski definition) is 5. The summed E-state index contributed by atoms with van der Waals surface area (Å²) in [5, 5.41) is 1.57. The Kier molecular flexibility index (Phi) is 5.60. The van der Waals surface area contributed by atoms with Crippen molar-refractivity contribution in [3.8, 4) is 0 Å². The first-order valence-electron chi connectivity index (χ1n) is 10.2. The first-order chi connectivity index (χ1) is 14.8. The van der Waals surface area contributed by atoms with E-state index in [1.54, 1.807) is 33.9 Å². The zero-order valence-electron chi connectivity index (χ0n) is 16.5. The second kappa shape index (κ2) is 8.66. The van der Waals surface area contributed by atoms with Gasteiger partial charge in [-0.1, -0.05) is 54.2 Å². The fraction of sp³-hybridized carbons (Fsp3) is 0.250. The molecule has 5 rings (SSSR count). The summed E-state index contributed by atoms with van der Waals surface area (Å²) in [5.41, 5.74) is 2.46. The van der Waals surface area contributed by atoms with Crippen molar-refractivity contribution in [3.05, 3.63) is 86.9 Å². The molecule has 6 heteroatoms. The van der Waals surface area contributed by atoms with E-state index >= 15 is 0 Å². The minimum Gasteiger partial charge on any atom is -0.467 e. The van der Waals surface area contributed by atoms with Crippen molar-refractivity contribution >= 4 is 39.4 Å². The average molecular weight is 435 g/mol. The highest BCUT2D eigenvalue weighted by molar-refractivity contribution is 7.99. The normalized spacial score (nSPS) is 13.9. The van der Waals surface area contributed by atoms with E-state index in [-0.39, 0.29) is 5.56 Å². The highest BCUT2D eigenvalue weighted by atomic mass is 32.2. The molecule has 3 heterocycles. The fourth-order valence-corrected chi connectivity index (χ4v) is 6.01. The molecule has 0 spiro atoms. The minimum atomic E-state index is 0.0605. The molecular formula is C24H22N2O2S2. The number of furan rings is 1. The summed E-state index contributed by atoms with van der Waals surface area (Å²) in [6, 6.07) is 14.0. The second-order valence-corrected chi connectivity index (χ2v) is 9.45. The zero-order valence-corrected chi connectivity index (χ0v) is 18.2. The van der Waals surface area contributed by atoms with Crippen LogP contribution in [0.3, 0.4) is 0 Å². The smallest absolute Gasteiger partial charge is 0.263 e. The Labute approximate surface area is 183 Å². The van der Waals surface area contributed by atoms with Crippen LogP contribution >= 0.6 is 23.1 Å². The molecular weight excluding hydrogens is 412 g/mol. The van der Waals surface area contributed by atoms with Gasteiger partial charge in [-0.3, -0.25) is 9.36 Å². The Morgan fingerprint density at radius 3 is 2.83 bits per heavy atom. The van der Waals surface area contributed by atoms with Gasteiger partial charge in [0.2, 0.25) is 0 Å². The quantitative estimate of drug-likeness (QED) is 0.285. The third-order valence-electron chi connectivity index (χ3n) is 5.35. The number of nitrogens with zero attached hydrogens (tertiary/aromatic N) is 2. The number of aromatic nitrogens is 2. The van der Waals surface area contributed by atoms with Crippen LogP contribution < -0.4 is 5.56 Å². The zero-order chi connectivity index (χ0) is 20.3. The Hall–Kier alpha value is -2.57. The van der Waals surface area contributed by atoms with Gasteiger partial charge < -0.3 is 4.42 Å². The first kappa shape index (κ1) is 19.4. The summed E-state index contributed by atoms with van der Waals surface area (Å²) in [4.78, 5) is 20.7. The fourth-order valence-electron chi connectivity index (χ4n) is 3.90. The minimum absolute atomic E-state index is 0.0605. The van der Waals surface area contributed by atoms with Gasteiger partial charge in [0.05, 0.1) is 18.2 Å². The molecule has 0 atom stereocenters. The van der Waals surface area contributed by atoms with Crippen LogP contribution in [0.2, 0.25) is 0 Å². The molecule has 0 aliphatic heterocycles. The number of thioether (sulfide) groups is 1. The predicted octanol–water partition coefficient (Wildman–Crippen LogP) is 5.78. The molecule has 3 aromatic heterocycles. The van der Waals surface area contributed by atoms with Crippen LogP contribution in [0, 0.1) is 0 Å². The van der Waals surface area contributed by atoms with Gasteiger partial charge in [0.25, 0.3) is 5.56 Å². The standard InChI is InChI=1S/C24H22N2O2S2/c27-23-21-19-12-4-5-13-20(19)30-22(21)25-24(26(23)16-18-11-6-14-28-18)29-15-7-10-17-8-2-1-3-9-17/h1-3,6-11,14H,4-5,12-13,15-16H2/b10-7+. The number of thiophene rings is 1. The first-order valence-corrected chi connectivity index (χ1v) is 12.0. The molecule has 152 valence electrons. The van der Waals surface area contributed by atoms with E-state index in [2.05, 4.69) is 24.3 Å². The monoisotopic (exact) mass is 434 g/mol. The van der Waals surface area contributed by atoms with Crippen molar-refractivity contribution in [1.82, 2.24) is 9.55 Å². The van der Waals surface area contributed by atoms with Gasteiger partial charge in [0.1, 0.15) is 10.6 Å². The SMILES string of the molecule is O=c1c2c3c(sc2nc(SC/C=C/c2ccccc2)n1Cc1ccco1)CCCC3. The predicted molar refractivity (Wildman–Crippen MR) is 125 cm³/mol. The van der Waals surface area contributed by atoms with Crippen LogP contribution in [0.25, 0.3) is 16.3 Å². The number of rotatable bonds is 6. The van der Waals surface area contributed by atoms with Gasteiger partial charge in [0, 0.05) is 10.6 Å². The lowest BCUT2D eigenvalue weighted by Crippen LogP contribution is -2.24. The van der Waals surface area contributed by atoms with E-state index in [9.17, 15) is 4.79 Å². The second-order valence-electron chi connectivity index (χ2n) is 7.38. The van der Waals surface area contributed by atoms with E-state index in [1.807, 2.05) is 30.3 Å². The van der Waals surface area contributed by atoms with Crippen LogP contribution in [-0.2, 0) is 19.4 Å². The van der Waals surface area contributed by atoms with Crippen molar-refractivity contribution in [3.63, 3.8) is 0 Å². The molecule has 4 nitrogen and oxygen atoms in total. The number of hydrogen-bond donors (Lipinski definition) is 0. The van der Waals surface area contributed by atoms with E-state index in [0.717, 1.165) is 46.1 Å². The van der Waals surface area contributed by atoms with Crippen LogP contribution in [0.4, 0.5) is 0 Å². The van der Waals surface area contributed by atoms with Crippen LogP contribution in [0.15, 0.2) is 69.2 Å². The van der Waals surface area contributed by atoms with Gasteiger partial charge >= 0.3 is 0 Å². The summed E-state index contributed by atoms with van der Waals surface area (Å²) in [6.45, 7) is 0.407. The molecule has 0 saturated heterocycles. The lowest BCUT2D eigenvalue weighted by Gasteiger charge is -2.12. The van der Waals surface area contributed by atoms with Crippen molar-refractivity contribution in [2.75, 3.05) is 5.75 Å². The molecule has 1 aliphatic carbocycles. The highest BCUT2D eigenvalue weighted by Crippen LogP contribution is 2.34. The molecule has 4 aromatic rings. The van der Waals surface area contributed by atoms with Crippen molar-refractivity contribution in [2.24, 2.45) is 0 Å². The number of fused-ring (bicyclic) bond motifs is 3. The van der Waals surface area contributed by atoms with E-state index < -0.39 is 0 Å². The van der Waals surface area contributed by atoms with Crippen molar-refractivity contribution in [2.45, 2.75) is 37.4 Å². The molecule has 0 radical (unpaired) electrons. The third kappa shape index (κ3) is 3.89. The molecule has 0 fully saturated rings. The van der Waals surface area contributed by atoms with Crippen molar-refractivity contribution in [1.29, 1.82) is 0 Å². The molecule has 0 bridgehead atoms. The number of aryl methyl sites for hydroxylation is 2. The summed E-state index contributed by atoms with van der Waals surface area (Å²) in [7, 11) is 0. The van der Waals surface area contributed by atoms with Gasteiger partial charge in [0.15, 0.2) is 5.16 Å². The van der Waals surface area contributed by atoms with E-state index in [0.29, 0.717) is 6.54 Å². The van der Waals surface area contributed by atoms with Gasteiger partial charge in [-0.15, -0.1) is 11.3 Å². The Morgan fingerprint density at radius 1 is 1.13 bits per heavy atom. The average Bonchev–Trinajstić information content (AvgIpc) is 3.42. The lowest BCUT2D eigenvalue weighted by molar-refractivity contribution is 0.476. The maximum Gasteiger partial charge on any atom is 0.263 e. The van der Waals surface area contributed by atoms with Crippen LogP contribution in [0.5, 0.6) is 0 Å². The topological polar surface area (TPSA) is 48.0 Å². The number of benzene rings is 1. The van der Waals surface area contributed by atoms with E-state index in [4.69, 9.17) is 9.40 Å². The summed E-state index contributed by atoms with van der Waals surface area (Å²) < 4.78 is 7.31. The summed E-state index contributed by atoms with van der Waals surface area (Å²) in [6.07, 6.45) is 10.3. The lowest BCUT2D eigenvalue weighted by atomic mass is 9.97. The molecule has 0 saturated carbocycles. The molecule has 30 heavy (non-hydrogen) atoms. The highest BCUT2D eigenvalue weighted by Gasteiger charge is 2.22. The molecule has 1 aliphatic rings. The van der Waals surface area contributed by atoms with Gasteiger partial charge in [-0.05, 0) is 48.9 Å². The Bertz CT molecular complexity index is 1240. The largest absolute Gasteiger partial charge is 0.467 e. The Balaban J connectivity index is 1.50. The molecule has 1 aromatic carbocycles. The van der Waals surface area contributed by atoms with E-state index in [1.165, 1.54) is 22.4 Å². The van der Waals surface area contributed by atoms with Gasteiger partial charge in [-0.25, -0.2) is 4.98 Å². The van der Waals surface area contributed by atoms with Crippen LogP contribution in [-0.4, -0.2) is 15.3 Å².